The number of hydrazone groups is 1. The second kappa shape index (κ2) is 5.10. The molecule has 0 spiro atoms. The van der Waals surface area contributed by atoms with Gasteiger partial charge in [0.2, 0.25) is 0 Å². The van der Waals surface area contributed by atoms with Crippen molar-refractivity contribution in [3.8, 4) is 11.5 Å². The van der Waals surface area contributed by atoms with Crippen LogP contribution in [-0.4, -0.2) is 21.8 Å². The average Bonchev–Trinajstić information content (AvgIpc) is 2.84. The highest BCUT2D eigenvalue weighted by Crippen LogP contribution is 2.29. The number of aromatic hydroxyl groups is 2. The van der Waals surface area contributed by atoms with E-state index in [0.29, 0.717) is 22.0 Å². The number of hydrogen-bond donors (Lipinski definition) is 2. The van der Waals surface area contributed by atoms with Crippen molar-refractivity contribution in [2.24, 2.45) is 5.10 Å². The molecule has 2 aromatic carbocycles. The Morgan fingerprint density at radius 1 is 1.10 bits per heavy atom. The van der Waals surface area contributed by atoms with E-state index in [1.54, 1.807) is 24.3 Å². The van der Waals surface area contributed by atoms with Crippen molar-refractivity contribution in [1.82, 2.24) is 0 Å². The number of phenols is 2. The number of hydrogen-bond acceptors (Lipinski definition) is 4. The third kappa shape index (κ3) is 2.55. The molecule has 2 N–H and O–H groups in total. The first-order chi connectivity index (χ1) is 10.0. The zero-order chi connectivity index (χ0) is 15.0. The first-order valence-corrected chi connectivity index (χ1v) is 6.61. The zero-order valence-electron chi connectivity index (χ0n) is 10.8. The summed E-state index contributed by atoms with van der Waals surface area (Å²) < 4.78 is 0. The molecule has 0 saturated heterocycles. The van der Waals surface area contributed by atoms with Gasteiger partial charge < -0.3 is 10.2 Å². The van der Waals surface area contributed by atoms with Gasteiger partial charge in [-0.1, -0.05) is 11.6 Å². The van der Waals surface area contributed by atoms with Crippen molar-refractivity contribution in [3.05, 3.63) is 53.1 Å². The lowest BCUT2D eigenvalue weighted by molar-refractivity contribution is -0.116. The highest BCUT2D eigenvalue weighted by atomic mass is 35.5. The quantitative estimate of drug-likeness (QED) is 0.838. The normalized spacial score (nSPS) is 14.4. The third-order valence-electron chi connectivity index (χ3n) is 3.14. The molecule has 1 aliphatic rings. The smallest absolute Gasteiger partial charge is 0.253 e. The van der Waals surface area contributed by atoms with Gasteiger partial charge in [0.05, 0.1) is 17.8 Å². The Hall–Kier alpha value is -2.53. The van der Waals surface area contributed by atoms with Crippen molar-refractivity contribution in [3.63, 3.8) is 0 Å². The molecule has 1 aliphatic heterocycles. The number of phenolic OH excluding ortho intramolecular Hbond substituents is 2. The summed E-state index contributed by atoms with van der Waals surface area (Å²) >= 11 is 5.82. The summed E-state index contributed by atoms with van der Waals surface area (Å²) in [6, 6.07) is 10.8. The Kier molecular flexibility index (Phi) is 3.27. The molecule has 1 heterocycles. The van der Waals surface area contributed by atoms with E-state index in [9.17, 15) is 15.0 Å². The summed E-state index contributed by atoms with van der Waals surface area (Å²) in [7, 11) is 0. The number of rotatable bonds is 2. The Labute approximate surface area is 125 Å². The van der Waals surface area contributed by atoms with Gasteiger partial charge in [0.15, 0.2) is 0 Å². The molecule has 0 radical (unpaired) electrons. The highest BCUT2D eigenvalue weighted by Gasteiger charge is 2.27. The molecule has 5 nitrogen and oxygen atoms in total. The maximum atomic E-state index is 12.1. The van der Waals surface area contributed by atoms with E-state index in [-0.39, 0.29) is 23.8 Å². The van der Waals surface area contributed by atoms with Crippen molar-refractivity contribution in [2.75, 3.05) is 5.01 Å². The van der Waals surface area contributed by atoms with Crippen LogP contribution in [0.15, 0.2) is 47.6 Å². The monoisotopic (exact) mass is 302 g/mol. The number of anilines is 1. The molecular weight excluding hydrogens is 292 g/mol. The summed E-state index contributed by atoms with van der Waals surface area (Å²) in [5, 5.41) is 25.4. The minimum absolute atomic E-state index is 0.00268. The van der Waals surface area contributed by atoms with Gasteiger partial charge in [0.25, 0.3) is 5.91 Å². The Bertz CT molecular complexity index is 741. The molecule has 0 unspecified atom stereocenters. The second-order valence-corrected chi connectivity index (χ2v) is 5.04. The number of nitrogens with zero attached hydrogens (tertiary/aromatic N) is 2. The molecule has 0 saturated carbocycles. The van der Waals surface area contributed by atoms with Gasteiger partial charge >= 0.3 is 0 Å². The lowest BCUT2D eigenvalue weighted by atomic mass is 10.1. The summed E-state index contributed by atoms with van der Waals surface area (Å²) in [5.74, 6) is -0.240. The van der Waals surface area contributed by atoms with Gasteiger partial charge in [-0.2, -0.15) is 5.10 Å². The summed E-state index contributed by atoms with van der Waals surface area (Å²) in [5.41, 5.74) is 1.35. The maximum Gasteiger partial charge on any atom is 0.253 e. The van der Waals surface area contributed by atoms with E-state index in [4.69, 9.17) is 11.6 Å². The molecule has 6 heteroatoms. The molecule has 0 aromatic heterocycles. The highest BCUT2D eigenvalue weighted by molar-refractivity contribution is 6.30. The molecule has 0 fully saturated rings. The number of carbonyl (C=O) groups excluding carboxylic acids is 1. The van der Waals surface area contributed by atoms with E-state index < -0.39 is 0 Å². The largest absolute Gasteiger partial charge is 0.508 e. The molecule has 2 aromatic rings. The van der Waals surface area contributed by atoms with Crippen LogP contribution >= 0.6 is 11.6 Å². The minimum Gasteiger partial charge on any atom is -0.508 e. The van der Waals surface area contributed by atoms with E-state index >= 15 is 0 Å². The van der Waals surface area contributed by atoms with Crippen molar-refractivity contribution in [1.29, 1.82) is 0 Å². The second-order valence-electron chi connectivity index (χ2n) is 4.61. The van der Waals surface area contributed by atoms with E-state index in [0.717, 1.165) is 0 Å². The Morgan fingerprint density at radius 2 is 1.81 bits per heavy atom. The molecule has 0 aliphatic carbocycles. The van der Waals surface area contributed by atoms with E-state index in [1.165, 1.54) is 23.2 Å². The lowest BCUT2D eigenvalue weighted by Gasteiger charge is -2.11. The fraction of sp³-hybridized carbons (Fsp3) is 0.0667. The maximum absolute atomic E-state index is 12.1. The van der Waals surface area contributed by atoms with Crippen LogP contribution in [-0.2, 0) is 4.79 Å². The molecule has 21 heavy (non-hydrogen) atoms. The van der Waals surface area contributed by atoms with Crippen molar-refractivity contribution in [2.45, 2.75) is 6.42 Å². The summed E-state index contributed by atoms with van der Waals surface area (Å²) in [6.45, 7) is 0. The number of halogens is 1. The van der Waals surface area contributed by atoms with Gasteiger partial charge in [-0.05, 0) is 42.5 Å². The Balaban J connectivity index is 1.99. The first kappa shape index (κ1) is 13.5. The third-order valence-corrected chi connectivity index (χ3v) is 3.39. The first-order valence-electron chi connectivity index (χ1n) is 6.23. The van der Waals surface area contributed by atoms with Gasteiger partial charge in [-0.3, -0.25) is 4.79 Å². The van der Waals surface area contributed by atoms with Crippen LogP contribution in [0.25, 0.3) is 0 Å². The summed E-state index contributed by atoms with van der Waals surface area (Å²) in [6.07, 6.45) is 0.0552. The molecule has 1 amide bonds. The fourth-order valence-electron chi connectivity index (χ4n) is 2.12. The average molecular weight is 303 g/mol. The molecule has 0 bridgehead atoms. The topological polar surface area (TPSA) is 73.1 Å². The standard InChI is InChI=1S/C15H11ClN2O3/c16-9-1-3-10(4-2-9)18-15(21)8-13(17-18)12-7-11(19)5-6-14(12)20/h1-7,19-20H,8H2. The lowest BCUT2D eigenvalue weighted by Crippen LogP contribution is -2.19. The van der Waals surface area contributed by atoms with Crippen LogP contribution < -0.4 is 5.01 Å². The molecule has 106 valence electrons. The van der Waals surface area contributed by atoms with Crippen molar-refractivity contribution >= 4 is 28.9 Å². The van der Waals surface area contributed by atoms with Gasteiger partial charge in [0, 0.05) is 10.6 Å². The SMILES string of the molecule is O=C1CC(c2cc(O)ccc2O)=NN1c1ccc(Cl)cc1. The van der Waals surface area contributed by atoms with Crippen LogP contribution in [0, 0.1) is 0 Å². The van der Waals surface area contributed by atoms with Gasteiger partial charge in [-0.25, -0.2) is 5.01 Å². The number of carbonyl (C=O) groups is 1. The van der Waals surface area contributed by atoms with Crippen LogP contribution in [0.5, 0.6) is 11.5 Å². The molecule has 3 rings (SSSR count). The van der Waals surface area contributed by atoms with Crippen LogP contribution in [0.3, 0.4) is 0 Å². The zero-order valence-corrected chi connectivity index (χ0v) is 11.6. The van der Waals surface area contributed by atoms with E-state index in [2.05, 4.69) is 5.10 Å². The van der Waals surface area contributed by atoms with Crippen LogP contribution in [0.2, 0.25) is 5.02 Å². The number of amides is 1. The van der Waals surface area contributed by atoms with Gasteiger partial charge in [-0.15, -0.1) is 0 Å². The van der Waals surface area contributed by atoms with Crippen LogP contribution in [0.1, 0.15) is 12.0 Å². The molecular formula is C15H11ClN2O3. The summed E-state index contributed by atoms with van der Waals surface area (Å²) in [4.78, 5) is 12.1. The molecule has 0 atom stereocenters. The van der Waals surface area contributed by atoms with Crippen LogP contribution in [0.4, 0.5) is 5.69 Å². The predicted octanol–water partition coefficient (Wildman–Crippen LogP) is 2.89. The van der Waals surface area contributed by atoms with E-state index in [1.807, 2.05) is 0 Å². The van der Waals surface area contributed by atoms with Crippen molar-refractivity contribution < 1.29 is 15.0 Å². The fourth-order valence-corrected chi connectivity index (χ4v) is 2.24. The predicted molar refractivity (Wildman–Crippen MR) is 79.9 cm³/mol. The Morgan fingerprint density at radius 3 is 2.52 bits per heavy atom. The minimum atomic E-state index is -0.213. The number of benzene rings is 2. The van der Waals surface area contributed by atoms with Gasteiger partial charge in [0.1, 0.15) is 11.5 Å².